The van der Waals surface area contributed by atoms with Gasteiger partial charge >= 0.3 is 0 Å². The summed E-state index contributed by atoms with van der Waals surface area (Å²) in [7, 11) is 0. The van der Waals surface area contributed by atoms with Gasteiger partial charge in [0, 0.05) is 6.54 Å². The van der Waals surface area contributed by atoms with Gasteiger partial charge in [-0.1, -0.05) is 19.1 Å². The van der Waals surface area contributed by atoms with Crippen LogP contribution in [-0.2, 0) is 6.42 Å². The van der Waals surface area contributed by atoms with Crippen LogP contribution in [0.15, 0.2) is 36.4 Å². The smallest absolute Gasteiger partial charge is 0.239 e. The minimum absolute atomic E-state index is 0.282. The largest absolute Gasteiger partial charge is 0.508 e. The van der Waals surface area contributed by atoms with Crippen molar-refractivity contribution < 1.29 is 9.84 Å². The Morgan fingerprint density at radius 2 is 1.95 bits per heavy atom. The number of rotatable bonds is 7. The molecule has 1 aromatic heterocycles. The van der Waals surface area contributed by atoms with Crippen LogP contribution in [0.5, 0.6) is 11.6 Å². The van der Waals surface area contributed by atoms with Crippen molar-refractivity contribution in [3.05, 3.63) is 42.0 Å². The van der Waals surface area contributed by atoms with E-state index in [-0.39, 0.29) is 5.75 Å². The standard InChI is InChI=1S/C16H21N3O2/c1-2-11-21-16-14(17)7-8-15(19-16)18-10-9-12-3-5-13(20)6-4-12/h3-8,20H,2,9-11,17H2,1H3,(H,18,19). The second kappa shape index (κ2) is 7.38. The summed E-state index contributed by atoms with van der Waals surface area (Å²) in [5, 5.41) is 12.5. The lowest BCUT2D eigenvalue weighted by molar-refractivity contribution is 0.307. The second-order valence-electron chi connectivity index (χ2n) is 4.78. The first-order valence-electron chi connectivity index (χ1n) is 7.10. The van der Waals surface area contributed by atoms with Crippen LogP contribution in [0.4, 0.5) is 11.5 Å². The summed E-state index contributed by atoms with van der Waals surface area (Å²) < 4.78 is 5.50. The van der Waals surface area contributed by atoms with Crippen molar-refractivity contribution in [3.63, 3.8) is 0 Å². The summed E-state index contributed by atoms with van der Waals surface area (Å²) in [6.45, 7) is 3.39. The highest BCUT2D eigenvalue weighted by molar-refractivity contribution is 5.53. The number of hydrogen-bond donors (Lipinski definition) is 3. The molecule has 112 valence electrons. The van der Waals surface area contributed by atoms with Gasteiger partial charge in [-0.15, -0.1) is 0 Å². The van der Waals surface area contributed by atoms with Crippen LogP contribution in [0.1, 0.15) is 18.9 Å². The average Bonchev–Trinajstić information content (AvgIpc) is 2.49. The van der Waals surface area contributed by atoms with Crippen LogP contribution in [-0.4, -0.2) is 23.2 Å². The zero-order valence-corrected chi connectivity index (χ0v) is 12.2. The summed E-state index contributed by atoms with van der Waals surface area (Å²) in [5.74, 6) is 1.50. The Kier molecular flexibility index (Phi) is 5.26. The van der Waals surface area contributed by atoms with E-state index in [1.54, 1.807) is 18.2 Å². The van der Waals surface area contributed by atoms with Gasteiger partial charge in [0.25, 0.3) is 0 Å². The minimum Gasteiger partial charge on any atom is -0.508 e. The van der Waals surface area contributed by atoms with Crippen LogP contribution >= 0.6 is 0 Å². The minimum atomic E-state index is 0.282. The number of anilines is 2. The highest BCUT2D eigenvalue weighted by atomic mass is 16.5. The molecule has 0 saturated carbocycles. The summed E-state index contributed by atoms with van der Waals surface area (Å²) in [6.07, 6.45) is 1.76. The van der Waals surface area contributed by atoms with E-state index in [2.05, 4.69) is 10.3 Å². The molecule has 4 N–H and O–H groups in total. The summed E-state index contributed by atoms with van der Waals surface area (Å²) in [6, 6.07) is 10.8. The molecule has 2 aromatic rings. The Balaban J connectivity index is 1.89. The Labute approximate surface area is 124 Å². The number of nitrogens with one attached hydrogen (secondary N) is 1. The zero-order valence-electron chi connectivity index (χ0n) is 12.2. The van der Waals surface area contributed by atoms with Crippen molar-refractivity contribution in [2.24, 2.45) is 0 Å². The molecule has 21 heavy (non-hydrogen) atoms. The van der Waals surface area contributed by atoms with Gasteiger partial charge < -0.3 is 20.9 Å². The number of aromatic hydroxyl groups is 1. The molecule has 0 fully saturated rings. The quantitative estimate of drug-likeness (QED) is 0.729. The molecule has 5 heteroatoms. The van der Waals surface area contributed by atoms with Crippen molar-refractivity contribution in [1.29, 1.82) is 0 Å². The molecular weight excluding hydrogens is 266 g/mol. The highest BCUT2D eigenvalue weighted by Crippen LogP contribution is 2.21. The molecule has 0 atom stereocenters. The normalized spacial score (nSPS) is 10.3. The fraction of sp³-hybridized carbons (Fsp3) is 0.312. The predicted octanol–water partition coefficient (Wildman–Crippen LogP) is 2.81. The molecule has 0 unspecified atom stereocenters. The van der Waals surface area contributed by atoms with E-state index in [4.69, 9.17) is 10.5 Å². The van der Waals surface area contributed by atoms with E-state index in [0.29, 0.717) is 18.2 Å². The van der Waals surface area contributed by atoms with Crippen LogP contribution in [0, 0.1) is 0 Å². The van der Waals surface area contributed by atoms with Gasteiger partial charge in [0.15, 0.2) is 0 Å². The maximum atomic E-state index is 9.24. The van der Waals surface area contributed by atoms with Gasteiger partial charge in [0.05, 0.1) is 12.3 Å². The molecule has 0 aliphatic carbocycles. The number of hydrogen-bond acceptors (Lipinski definition) is 5. The Morgan fingerprint density at radius 1 is 1.19 bits per heavy atom. The number of pyridine rings is 1. The Bertz CT molecular complexity index is 570. The molecule has 0 amide bonds. The lowest BCUT2D eigenvalue weighted by Gasteiger charge is -2.10. The number of nitrogens with zero attached hydrogens (tertiary/aromatic N) is 1. The maximum Gasteiger partial charge on any atom is 0.239 e. The summed E-state index contributed by atoms with van der Waals surface area (Å²) >= 11 is 0. The van der Waals surface area contributed by atoms with E-state index in [9.17, 15) is 5.11 Å². The first-order valence-corrected chi connectivity index (χ1v) is 7.10. The number of ether oxygens (including phenoxy) is 1. The third kappa shape index (κ3) is 4.56. The molecule has 0 aliphatic rings. The predicted molar refractivity (Wildman–Crippen MR) is 84.7 cm³/mol. The van der Waals surface area contributed by atoms with Gasteiger partial charge in [-0.05, 0) is 42.7 Å². The molecular formula is C16H21N3O2. The molecule has 0 radical (unpaired) electrons. The zero-order chi connectivity index (χ0) is 15.1. The number of aromatic nitrogens is 1. The molecule has 0 spiro atoms. The maximum absolute atomic E-state index is 9.24. The van der Waals surface area contributed by atoms with Crippen LogP contribution < -0.4 is 15.8 Å². The molecule has 0 aliphatic heterocycles. The van der Waals surface area contributed by atoms with E-state index in [0.717, 1.165) is 30.8 Å². The lowest BCUT2D eigenvalue weighted by atomic mass is 10.1. The SMILES string of the molecule is CCCOc1nc(NCCc2ccc(O)cc2)ccc1N. The first kappa shape index (κ1) is 15.0. The Hall–Kier alpha value is -2.43. The van der Waals surface area contributed by atoms with Gasteiger partial charge in [-0.2, -0.15) is 4.98 Å². The van der Waals surface area contributed by atoms with Gasteiger partial charge in [0.2, 0.25) is 5.88 Å². The van der Waals surface area contributed by atoms with Gasteiger partial charge in [-0.3, -0.25) is 0 Å². The van der Waals surface area contributed by atoms with Crippen molar-refractivity contribution in [2.45, 2.75) is 19.8 Å². The summed E-state index contributed by atoms with van der Waals surface area (Å²) in [5.41, 5.74) is 7.52. The van der Waals surface area contributed by atoms with Crippen molar-refractivity contribution >= 4 is 11.5 Å². The third-order valence-electron chi connectivity index (χ3n) is 2.99. The number of phenolic OH excluding ortho intramolecular Hbond substituents is 1. The fourth-order valence-corrected chi connectivity index (χ4v) is 1.86. The van der Waals surface area contributed by atoms with E-state index in [1.165, 1.54) is 0 Å². The average molecular weight is 287 g/mol. The highest BCUT2D eigenvalue weighted by Gasteiger charge is 2.04. The second-order valence-corrected chi connectivity index (χ2v) is 4.78. The summed E-state index contributed by atoms with van der Waals surface area (Å²) in [4.78, 5) is 4.36. The van der Waals surface area contributed by atoms with Crippen LogP contribution in [0.2, 0.25) is 0 Å². The number of nitrogen functional groups attached to an aromatic ring is 1. The first-order chi connectivity index (χ1) is 10.2. The molecule has 0 saturated heterocycles. The molecule has 5 nitrogen and oxygen atoms in total. The molecule has 1 aromatic carbocycles. The molecule has 1 heterocycles. The third-order valence-corrected chi connectivity index (χ3v) is 2.99. The van der Waals surface area contributed by atoms with Crippen molar-refractivity contribution in [2.75, 3.05) is 24.2 Å². The number of nitrogens with two attached hydrogens (primary N) is 1. The van der Waals surface area contributed by atoms with Crippen LogP contribution in [0.25, 0.3) is 0 Å². The van der Waals surface area contributed by atoms with E-state index >= 15 is 0 Å². The lowest BCUT2D eigenvalue weighted by Crippen LogP contribution is -2.08. The van der Waals surface area contributed by atoms with Gasteiger partial charge in [-0.25, -0.2) is 0 Å². The fourth-order valence-electron chi connectivity index (χ4n) is 1.86. The van der Waals surface area contributed by atoms with Gasteiger partial charge in [0.1, 0.15) is 11.6 Å². The Morgan fingerprint density at radius 3 is 2.67 bits per heavy atom. The molecule has 2 rings (SSSR count). The van der Waals surface area contributed by atoms with Crippen molar-refractivity contribution in [3.8, 4) is 11.6 Å². The monoisotopic (exact) mass is 287 g/mol. The van der Waals surface area contributed by atoms with E-state index < -0.39 is 0 Å². The molecule has 0 bridgehead atoms. The topological polar surface area (TPSA) is 80.4 Å². The number of phenols is 1. The van der Waals surface area contributed by atoms with Crippen LogP contribution in [0.3, 0.4) is 0 Å². The van der Waals surface area contributed by atoms with E-state index in [1.807, 2.05) is 25.1 Å². The van der Waals surface area contributed by atoms with Crippen molar-refractivity contribution in [1.82, 2.24) is 4.98 Å². The number of benzene rings is 1.